The first-order valence-electron chi connectivity index (χ1n) is 8.93. The Morgan fingerprint density at radius 1 is 1.17 bits per heavy atom. The Labute approximate surface area is 172 Å². The molecule has 0 radical (unpaired) electrons. The highest BCUT2D eigenvalue weighted by atomic mass is 35.5. The Hall–Kier alpha value is -2.91. The van der Waals surface area contributed by atoms with Crippen LogP contribution in [0.1, 0.15) is 22.8 Å². The maximum absolute atomic E-state index is 12.7. The molecule has 9 nitrogen and oxygen atoms in total. The van der Waals surface area contributed by atoms with Crippen LogP contribution >= 0.6 is 11.6 Å². The molecule has 10 heteroatoms. The van der Waals surface area contributed by atoms with Crippen molar-refractivity contribution in [2.75, 3.05) is 30.7 Å². The van der Waals surface area contributed by atoms with Crippen molar-refractivity contribution >= 4 is 34.8 Å². The molecule has 0 fully saturated rings. The van der Waals surface area contributed by atoms with Crippen LogP contribution in [0.15, 0.2) is 27.8 Å². The fraction of sp³-hybridized carbons (Fsp3) is 0.368. The predicted octanol–water partition coefficient (Wildman–Crippen LogP) is 0.771. The van der Waals surface area contributed by atoms with Gasteiger partial charge < -0.3 is 11.1 Å². The van der Waals surface area contributed by atoms with Gasteiger partial charge in [-0.3, -0.25) is 28.4 Å². The molecule has 0 aliphatic rings. The van der Waals surface area contributed by atoms with Crippen LogP contribution in [-0.2, 0) is 18.9 Å². The number of benzene rings is 1. The quantitative estimate of drug-likeness (QED) is 0.637. The number of aromatic nitrogens is 2. The van der Waals surface area contributed by atoms with E-state index in [9.17, 15) is 19.2 Å². The predicted molar refractivity (Wildman–Crippen MR) is 113 cm³/mol. The smallest absolute Gasteiger partial charge is 0.332 e. The maximum Gasteiger partial charge on any atom is 0.332 e. The van der Waals surface area contributed by atoms with E-state index in [1.165, 1.54) is 14.1 Å². The van der Waals surface area contributed by atoms with Crippen LogP contribution in [0, 0.1) is 6.92 Å². The van der Waals surface area contributed by atoms with Crippen LogP contribution in [0.5, 0.6) is 0 Å². The number of hydrogen-bond donors (Lipinski definition) is 2. The minimum Gasteiger partial charge on any atom is -0.384 e. The SMILES string of the molecule is CCN(CC(=O)Nc1cc(Cl)ccc1C)CC(=O)c1c(N)n(C)c(=O)n(C)c1=O. The second-order valence-corrected chi connectivity index (χ2v) is 7.14. The van der Waals surface area contributed by atoms with Gasteiger partial charge in [-0.1, -0.05) is 24.6 Å². The van der Waals surface area contributed by atoms with Gasteiger partial charge in [0.15, 0.2) is 5.78 Å². The summed E-state index contributed by atoms with van der Waals surface area (Å²) in [6, 6.07) is 5.16. The van der Waals surface area contributed by atoms with Crippen molar-refractivity contribution in [1.82, 2.24) is 14.0 Å². The average molecular weight is 422 g/mol. The number of ketones is 1. The molecule has 2 rings (SSSR count). The third-order valence-electron chi connectivity index (χ3n) is 4.64. The normalized spacial score (nSPS) is 11.0. The van der Waals surface area contributed by atoms with Gasteiger partial charge in [-0.2, -0.15) is 0 Å². The number of hydrogen-bond acceptors (Lipinski definition) is 6. The highest BCUT2D eigenvalue weighted by Gasteiger charge is 2.22. The molecule has 0 atom stereocenters. The number of Topliss-reactive ketones (excluding diaryl/α,β-unsaturated/α-hetero) is 1. The lowest BCUT2D eigenvalue weighted by atomic mass is 10.1. The molecule has 1 heterocycles. The molecule has 156 valence electrons. The number of likely N-dealkylation sites (N-methyl/N-ethyl adjacent to an activating group) is 1. The Balaban J connectivity index is 2.17. The molecule has 29 heavy (non-hydrogen) atoms. The zero-order chi connectivity index (χ0) is 21.9. The molecule has 0 aliphatic carbocycles. The van der Waals surface area contributed by atoms with Gasteiger partial charge in [0.2, 0.25) is 5.91 Å². The summed E-state index contributed by atoms with van der Waals surface area (Å²) in [6.45, 7) is 3.74. The maximum atomic E-state index is 12.7. The molecule has 0 spiro atoms. The first-order chi connectivity index (χ1) is 13.6. The topological polar surface area (TPSA) is 119 Å². The van der Waals surface area contributed by atoms with Crippen molar-refractivity contribution in [2.24, 2.45) is 14.1 Å². The molecular weight excluding hydrogens is 398 g/mol. The summed E-state index contributed by atoms with van der Waals surface area (Å²) in [4.78, 5) is 50.9. The van der Waals surface area contributed by atoms with Crippen LogP contribution < -0.4 is 22.3 Å². The van der Waals surface area contributed by atoms with Gasteiger partial charge in [-0.25, -0.2) is 4.79 Å². The summed E-state index contributed by atoms with van der Waals surface area (Å²) < 4.78 is 1.87. The molecule has 1 amide bonds. The number of nitrogens with one attached hydrogen (secondary N) is 1. The molecule has 1 aromatic heterocycles. The van der Waals surface area contributed by atoms with Gasteiger partial charge in [0.05, 0.1) is 13.1 Å². The number of carbonyl (C=O) groups excluding carboxylic acids is 2. The number of nitrogen functional groups attached to an aromatic ring is 1. The first-order valence-corrected chi connectivity index (χ1v) is 9.31. The molecule has 2 aromatic rings. The van der Waals surface area contributed by atoms with Gasteiger partial charge in [0.1, 0.15) is 11.4 Å². The third kappa shape index (κ3) is 4.93. The monoisotopic (exact) mass is 421 g/mol. The van der Waals surface area contributed by atoms with E-state index in [2.05, 4.69) is 5.32 Å². The first kappa shape index (κ1) is 22.4. The highest BCUT2D eigenvalue weighted by Crippen LogP contribution is 2.20. The van der Waals surface area contributed by atoms with E-state index < -0.39 is 17.0 Å². The minimum absolute atomic E-state index is 0.0693. The van der Waals surface area contributed by atoms with Crippen LogP contribution in [0.4, 0.5) is 11.5 Å². The Morgan fingerprint density at radius 3 is 2.45 bits per heavy atom. The summed E-state index contributed by atoms with van der Waals surface area (Å²) in [5.41, 5.74) is 5.62. The largest absolute Gasteiger partial charge is 0.384 e. The average Bonchev–Trinajstić information content (AvgIpc) is 2.67. The summed E-state index contributed by atoms with van der Waals surface area (Å²) in [5, 5.41) is 3.26. The van der Waals surface area contributed by atoms with Gasteiger partial charge in [0, 0.05) is 24.8 Å². The second-order valence-electron chi connectivity index (χ2n) is 6.70. The Kier molecular flexibility index (Phi) is 6.99. The van der Waals surface area contributed by atoms with E-state index in [0.717, 1.165) is 14.7 Å². The number of amides is 1. The number of halogens is 1. The van der Waals surface area contributed by atoms with Crippen molar-refractivity contribution in [1.29, 1.82) is 0 Å². The van der Waals surface area contributed by atoms with Gasteiger partial charge in [-0.15, -0.1) is 0 Å². The number of aryl methyl sites for hydroxylation is 1. The molecule has 1 aromatic carbocycles. The highest BCUT2D eigenvalue weighted by molar-refractivity contribution is 6.31. The summed E-state index contributed by atoms with van der Waals surface area (Å²) in [6.07, 6.45) is 0. The molecule has 0 bridgehead atoms. The van der Waals surface area contributed by atoms with E-state index in [-0.39, 0.29) is 30.4 Å². The Morgan fingerprint density at radius 2 is 1.83 bits per heavy atom. The number of nitrogens with two attached hydrogens (primary N) is 1. The zero-order valence-corrected chi connectivity index (χ0v) is 17.5. The summed E-state index contributed by atoms with van der Waals surface area (Å²) >= 11 is 5.96. The molecule has 0 saturated carbocycles. The molecule has 3 N–H and O–H groups in total. The third-order valence-corrected chi connectivity index (χ3v) is 4.88. The van der Waals surface area contributed by atoms with Crippen molar-refractivity contribution in [3.8, 4) is 0 Å². The zero-order valence-electron chi connectivity index (χ0n) is 16.8. The van der Waals surface area contributed by atoms with E-state index >= 15 is 0 Å². The van der Waals surface area contributed by atoms with E-state index in [1.54, 1.807) is 30.0 Å². The van der Waals surface area contributed by atoms with Gasteiger partial charge >= 0.3 is 5.69 Å². The molecule has 0 saturated heterocycles. The van der Waals surface area contributed by atoms with Gasteiger partial charge in [0.25, 0.3) is 5.56 Å². The van der Waals surface area contributed by atoms with Crippen LogP contribution in [0.3, 0.4) is 0 Å². The van der Waals surface area contributed by atoms with Crippen LogP contribution in [0.25, 0.3) is 0 Å². The number of nitrogens with zero attached hydrogens (tertiary/aromatic N) is 3. The lowest BCUT2D eigenvalue weighted by molar-refractivity contribution is -0.117. The van der Waals surface area contributed by atoms with Crippen molar-refractivity contribution < 1.29 is 9.59 Å². The van der Waals surface area contributed by atoms with Crippen molar-refractivity contribution in [3.05, 3.63) is 55.2 Å². The minimum atomic E-state index is -0.759. The lowest BCUT2D eigenvalue weighted by Gasteiger charge is -2.20. The molecular formula is C19H24ClN5O4. The van der Waals surface area contributed by atoms with Crippen molar-refractivity contribution in [2.45, 2.75) is 13.8 Å². The van der Waals surface area contributed by atoms with Crippen LogP contribution in [0.2, 0.25) is 5.02 Å². The van der Waals surface area contributed by atoms with Crippen molar-refractivity contribution in [3.63, 3.8) is 0 Å². The van der Waals surface area contributed by atoms with E-state index in [0.29, 0.717) is 17.3 Å². The molecule has 0 aliphatic heterocycles. The molecule has 0 unspecified atom stereocenters. The van der Waals surface area contributed by atoms with Gasteiger partial charge in [-0.05, 0) is 31.2 Å². The van der Waals surface area contributed by atoms with E-state index in [1.807, 2.05) is 6.92 Å². The fourth-order valence-electron chi connectivity index (χ4n) is 2.81. The summed E-state index contributed by atoms with van der Waals surface area (Å²) in [5.74, 6) is -1.09. The summed E-state index contributed by atoms with van der Waals surface area (Å²) in [7, 11) is 2.66. The Bertz CT molecular complexity index is 1070. The van der Waals surface area contributed by atoms with E-state index in [4.69, 9.17) is 17.3 Å². The number of carbonyl (C=O) groups is 2. The lowest BCUT2D eigenvalue weighted by Crippen LogP contribution is -2.44. The second kappa shape index (κ2) is 9.06. The fourth-order valence-corrected chi connectivity index (χ4v) is 2.98. The number of anilines is 2. The number of rotatable bonds is 7. The standard InChI is InChI=1S/C19H24ClN5O4/c1-5-25(10-15(27)22-13-8-12(20)7-6-11(13)2)9-14(26)16-17(21)23(3)19(29)24(4)18(16)28/h6-8H,5,9-10,21H2,1-4H3,(H,22,27). The van der Waals surface area contributed by atoms with Crippen LogP contribution in [-0.4, -0.2) is 45.4 Å².